The van der Waals surface area contributed by atoms with Gasteiger partial charge in [-0.3, -0.25) is 9.79 Å². The molecule has 0 aromatic carbocycles. The van der Waals surface area contributed by atoms with E-state index >= 15 is 0 Å². The lowest BCUT2D eigenvalue weighted by molar-refractivity contribution is -0.129. The van der Waals surface area contributed by atoms with Crippen LogP contribution in [0.1, 0.15) is 39.5 Å². The van der Waals surface area contributed by atoms with Gasteiger partial charge in [0.05, 0.1) is 12.6 Å². The van der Waals surface area contributed by atoms with Gasteiger partial charge in [-0.1, -0.05) is 6.92 Å². The number of amides is 1. The van der Waals surface area contributed by atoms with E-state index in [0.29, 0.717) is 19.0 Å². The van der Waals surface area contributed by atoms with Crippen molar-refractivity contribution in [2.24, 2.45) is 4.99 Å². The zero-order chi connectivity index (χ0) is 15.1. The van der Waals surface area contributed by atoms with E-state index in [-0.39, 0.29) is 36.0 Å². The fourth-order valence-electron chi connectivity index (χ4n) is 2.82. The third-order valence-corrected chi connectivity index (χ3v) is 4.01. The number of rotatable bonds is 5. The lowest BCUT2D eigenvalue weighted by Gasteiger charge is -2.19. The Balaban J connectivity index is 0.00000242. The number of hydrogen-bond donors (Lipinski definition) is 2. The van der Waals surface area contributed by atoms with Crippen LogP contribution in [-0.2, 0) is 9.53 Å². The van der Waals surface area contributed by atoms with E-state index in [2.05, 4.69) is 22.5 Å². The first kappa shape index (κ1) is 19.5. The largest absolute Gasteiger partial charge is 0.376 e. The van der Waals surface area contributed by atoms with E-state index in [1.807, 2.05) is 11.8 Å². The summed E-state index contributed by atoms with van der Waals surface area (Å²) in [7, 11) is 0. The van der Waals surface area contributed by atoms with Gasteiger partial charge in [-0.2, -0.15) is 0 Å². The van der Waals surface area contributed by atoms with Gasteiger partial charge in [0.25, 0.3) is 0 Å². The molecule has 6 nitrogen and oxygen atoms in total. The van der Waals surface area contributed by atoms with Gasteiger partial charge in [0.1, 0.15) is 0 Å². The minimum atomic E-state index is 0. The molecule has 0 saturated carbocycles. The monoisotopic (exact) mass is 424 g/mol. The van der Waals surface area contributed by atoms with Gasteiger partial charge in [-0.25, -0.2) is 0 Å². The Hall–Kier alpha value is -0.570. The first-order valence-corrected chi connectivity index (χ1v) is 8.17. The van der Waals surface area contributed by atoms with Crippen LogP contribution in [0.4, 0.5) is 0 Å². The first-order chi connectivity index (χ1) is 10.2. The Morgan fingerprint density at radius 3 is 2.82 bits per heavy atom. The Morgan fingerprint density at radius 1 is 1.36 bits per heavy atom. The predicted molar refractivity (Wildman–Crippen MR) is 98.8 cm³/mol. The van der Waals surface area contributed by atoms with Crippen molar-refractivity contribution in [3.63, 3.8) is 0 Å². The molecule has 0 bridgehead atoms. The summed E-state index contributed by atoms with van der Waals surface area (Å²) < 4.78 is 5.60. The Labute approximate surface area is 150 Å². The Morgan fingerprint density at radius 2 is 2.18 bits per heavy atom. The maximum absolute atomic E-state index is 11.7. The summed E-state index contributed by atoms with van der Waals surface area (Å²) in [4.78, 5) is 18.3. The molecule has 2 fully saturated rings. The number of carbonyl (C=O) groups excluding carboxylic acids is 1. The molecule has 2 heterocycles. The van der Waals surface area contributed by atoms with E-state index in [9.17, 15) is 4.79 Å². The fourth-order valence-corrected chi connectivity index (χ4v) is 2.82. The van der Waals surface area contributed by atoms with Crippen LogP contribution in [0.3, 0.4) is 0 Å². The number of ether oxygens (including phenoxy) is 1. The van der Waals surface area contributed by atoms with Gasteiger partial charge in [0.2, 0.25) is 5.91 Å². The third-order valence-electron chi connectivity index (χ3n) is 4.01. The van der Waals surface area contributed by atoms with E-state index in [1.165, 1.54) is 0 Å². The maximum atomic E-state index is 11.7. The topological polar surface area (TPSA) is 66.0 Å². The predicted octanol–water partition coefficient (Wildman–Crippen LogP) is 1.35. The van der Waals surface area contributed by atoms with Crippen molar-refractivity contribution < 1.29 is 9.53 Å². The van der Waals surface area contributed by atoms with Crippen LogP contribution >= 0.6 is 24.0 Å². The van der Waals surface area contributed by atoms with Crippen molar-refractivity contribution in [2.75, 3.05) is 32.8 Å². The molecule has 0 aromatic rings. The normalized spacial score (nSPS) is 25.0. The van der Waals surface area contributed by atoms with Crippen molar-refractivity contribution >= 4 is 35.8 Å². The molecule has 2 saturated heterocycles. The zero-order valence-corrected chi connectivity index (χ0v) is 16.0. The zero-order valence-electron chi connectivity index (χ0n) is 13.6. The van der Waals surface area contributed by atoms with Gasteiger partial charge in [0, 0.05) is 38.7 Å². The van der Waals surface area contributed by atoms with E-state index in [1.54, 1.807) is 0 Å². The second kappa shape index (κ2) is 10.3. The molecule has 0 aliphatic carbocycles. The molecule has 2 N–H and O–H groups in total. The van der Waals surface area contributed by atoms with Gasteiger partial charge in [-0.15, -0.1) is 24.0 Å². The average Bonchev–Trinajstić information content (AvgIpc) is 3.15. The molecule has 0 aromatic heterocycles. The molecule has 2 aliphatic rings. The number of nitrogens with one attached hydrogen (secondary N) is 2. The number of guanidine groups is 1. The highest BCUT2D eigenvalue weighted by atomic mass is 127. The first-order valence-electron chi connectivity index (χ1n) is 8.17. The van der Waals surface area contributed by atoms with Crippen LogP contribution in [0.5, 0.6) is 0 Å². The quantitative estimate of drug-likeness (QED) is 0.397. The van der Waals surface area contributed by atoms with Crippen LogP contribution in [0.25, 0.3) is 0 Å². The average molecular weight is 424 g/mol. The lowest BCUT2D eigenvalue weighted by atomic mass is 10.2. The summed E-state index contributed by atoms with van der Waals surface area (Å²) in [5.74, 6) is 1.07. The van der Waals surface area contributed by atoms with Crippen LogP contribution in [0.15, 0.2) is 4.99 Å². The molecule has 0 radical (unpaired) electrons. The summed E-state index contributed by atoms with van der Waals surface area (Å²) in [5, 5.41) is 6.71. The van der Waals surface area contributed by atoms with Gasteiger partial charge in [-0.05, 0) is 26.2 Å². The highest BCUT2D eigenvalue weighted by Gasteiger charge is 2.25. The molecule has 2 unspecified atom stereocenters. The summed E-state index contributed by atoms with van der Waals surface area (Å²) in [6.45, 7) is 8.00. The van der Waals surface area contributed by atoms with Crippen LogP contribution in [0.2, 0.25) is 0 Å². The van der Waals surface area contributed by atoms with Crippen LogP contribution in [-0.4, -0.2) is 61.7 Å². The molecule has 2 atom stereocenters. The summed E-state index contributed by atoms with van der Waals surface area (Å²) in [6, 6.07) is 0.294. The lowest BCUT2D eigenvalue weighted by Crippen LogP contribution is -2.45. The number of halogens is 1. The molecule has 0 spiro atoms. The number of likely N-dealkylation sites (tertiary alicyclic amines) is 1. The molecule has 22 heavy (non-hydrogen) atoms. The van der Waals surface area contributed by atoms with Crippen molar-refractivity contribution in [1.29, 1.82) is 0 Å². The van der Waals surface area contributed by atoms with Gasteiger partial charge < -0.3 is 20.3 Å². The van der Waals surface area contributed by atoms with E-state index < -0.39 is 0 Å². The van der Waals surface area contributed by atoms with Gasteiger partial charge in [0.15, 0.2) is 5.96 Å². The number of carbonyl (C=O) groups is 1. The van der Waals surface area contributed by atoms with Crippen LogP contribution in [0, 0.1) is 0 Å². The highest BCUT2D eigenvalue weighted by molar-refractivity contribution is 14.0. The summed E-state index contributed by atoms with van der Waals surface area (Å²) >= 11 is 0. The Bertz CT molecular complexity index is 373. The van der Waals surface area contributed by atoms with E-state index in [4.69, 9.17) is 4.74 Å². The smallest absolute Gasteiger partial charge is 0.222 e. The fraction of sp³-hybridized carbons (Fsp3) is 0.867. The highest BCUT2D eigenvalue weighted by Crippen LogP contribution is 2.12. The minimum absolute atomic E-state index is 0. The van der Waals surface area contributed by atoms with Gasteiger partial charge >= 0.3 is 0 Å². The molecule has 7 heteroatoms. The summed E-state index contributed by atoms with van der Waals surface area (Å²) in [6.07, 6.45) is 4.07. The molecular weight excluding hydrogens is 395 g/mol. The molecular formula is C15H29IN4O2. The van der Waals surface area contributed by atoms with Crippen molar-refractivity contribution in [3.05, 3.63) is 0 Å². The second-order valence-electron chi connectivity index (χ2n) is 5.68. The van der Waals surface area contributed by atoms with E-state index in [0.717, 1.165) is 51.5 Å². The second-order valence-corrected chi connectivity index (χ2v) is 5.68. The molecule has 1 amide bonds. The van der Waals surface area contributed by atoms with Crippen LogP contribution < -0.4 is 10.6 Å². The Kier molecular flexibility index (Phi) is 9.08. The van der Waals surface area contributed by atoms with Crippen molar-refractivity contribution in [3.8, 4) is 0 Å². The standard InChI is InChI=1S/C15H28N4O2.HI/c1-3-14(20)19-8-7-12(11-19)18-15(16-4-2)17-10-13-6-5-9-21-13;/h12-13H,3-11H2,1-2H3,(H2,16,17,18);1H. The summed E-state index contributed by atoms with van der Waals surface area (Å²) in [5.41, 5.74) is 0. The number of nitrogens with zero attached hydrogens (tertiary/aromatic N) is 2. The number of hydrogen-bond acceptors (Lipinski definition) is 3. The molecule has 128 valence electrons. The molecule has 2 aliphatic heterocycles. The minimum Gasteiger partial charge on any atom is -0.376 e. The number of aliphatic imine (C=N–C) groups is 1. The SMILES string of the molecule is CCNC(=NCC1CCCO1)NC1CCN(C(=O)CC)C1.I. The van der Waals surface area contributed by atoms with Crippen molar-refractivity contribution in [1.82, 2.24) is 15.5 Å². The molecule has 2 rings (SSSR count). The van der Waals surface area contributed by atoms with Crippen molar-refractivity contribution in [2.45, 2.75) is 51.7 Å². The maximum Gasteiger partial charge on any atom is 0.222 e. The third kappa shape index (κ3) is 5.91.